The highest BCUT2D eigenvalue weighted by atomic mass is 16.6. The Morgan fingerprint density at radius 1 is 1.22 bits per heavy atom. The minimum atomic E-state index is -1.29. The van der Waals surface area contributed by atoms with Crippen LogP contribution in [0.25, 0.3) is 0 Å². The van der Waals surface area contributed by atoms with E-state index in [9.17, 15) is 9.59 Å². The van der Waals surface area contributed by atoms with Gasteiger partial charge in [0.1, 0.15) is 5.82 Å². The zero-order valence-corrected chi connectivity index (χ0v) is 9.21. The normalized spacial score (nSPS) is 27.1. The Morgan fingerprint density at radius 3 is 2.89 bits per heavy atom. The van der Waals surface area contributed by atoms with Crippen LogP contribution in [0, 0.1) is 0 Å². The van der Waals surface area contributed by atoms with E-state index < -0.39 is 11.6 Å². The van der Waals surface area contributed by atoms with Gasteiger partial charge in [-0.3, -0.25) is 9.69 Å². The number of hydrogen-bond acceptors (Lipinski definition) is 4. The summed E-state index contributed by atoms with van der Waals surface area (Å²) in [6.45, 7) is 0. The summed E-state index contributed by atoms with van der Waals surface area (Å²) in [4.78, 5) is 25.7. The Bertz CT molecular complexity index is 662. The van der Waals surface area contributed by atoms with Gasteiger partial charge in [0.25, 0.3) is 5.91 Å². The van der Waals surface area contributed by atoms with Crippen LogP contribution >= 0.6 is 0 Å². The lowest BCUT2D eigenvalue weighted by molar-refractivity contribution is -0.139. The predicted molar refractivity (Wildman–Crippen MR) is 60.7 cm³/mol. The Morgan fingerprint density at radius 2 is 2.06 bits per heavy atom. The van der Waals surface area contributed by atoms with Crippen molar-refractivity contribution in [3.8, 4) is 0 Å². The lowest BCUT2D eigenvalue weighted by Crippen LogP contribution is -2.36. The van der Waals surface area contributed by atoms with Gasteiger partial charge in [0, 0.05) is 24.0 Å². The van der Waals surface area contributed by atoms with E-state index in [0.717, 1.165) is 0 Å². The van der Waals surface area contributed by atoms with Crippen LogP contribution < -0.4 is 5.32 Å². The van der Waals surface area contributed by atoms with Gasteiger partial charge in [0.2, 0.25) is 5.60 Å². The SMILES string of the molecule is O=C1OC2(C=C3NC=CN3C2=O)c2ccccc21. The van der Waals surface area contributed by atoms with Crippen LogP contribution in [0.2, 0.25) is 0 Å². The summed E-state index contributed by atoms with van der Waals surface area (Å²) in [5.41, 5.74) is -0.231. The van der Waals surface area contributed by atoms with Crippen molar-refractivity contribution in [2.24, 2.45) is 0 Å². The zero-order valence-electron chi connectivity index (χ0n) is 9.21. The first kappa shape index (κ1) is 9.47. The summed E-state index contributed by atoms with van der Waals surface area (Å²) in [5, 5.41) is 2.94. The van der Waals surface area contributed by atoms with E-state index in [1.54, 1.807) is 42.7 Å². The molecule has 1 aromatic carbocycles. The molecule has 0 bridgehead atoms. The molecule has 88 valence electrons. The number of fused-ring (bicyclic) bond motifs is 3. The molecule has 1 N–H and O–H groups in total. The maximum absolute atomic E-state index is 12.4. The van der Waals surface area contributed by atoms with Gasteiger partial charge in [-0.05, 0) is 6.07 Å². The third-order valence-electron chi connectivity index (χ3n) is 3.39. The number of ether oxygens (including phenoxy) is 1. The van der Waals surface area contributed by atoms with Gasteiger partial charge in [-0.25, -0.2) is 4.79 Å². The number of nitrogens with zero attached hydrogens (tertiary/aromatic N) is 1. The number of carbonyl (C=O) groups is 2. The molecule has 0 aliphatic carbocycles. The highest BCUT2D eigenvalue weighted by Gasteiger charge is 2.56. The van der Waals surface area contributed by atoms with Gasteiger partial charge in [-0.2, -0.15) is 0 Å². The average Bonchev–Trinajstić information content (AvgIpc) is 3.00. The van der Waals surface area contributed by atoms with Crippen molar-refractivity contribution >= 4 is 11.9 Å². The van der Waals surface area contributed by atoms with E-state index in [0.29, 0.717) is 16.9 Å². The zero-order chi connectivity index (χ0) is 12.3. The standard InChI is InChI=1S/C13H8N2O3/c16-11-8-3-1-2-4-9(8)13(18-11)7-10-14-5-6-15(10)12(13)17/h1-7,14H. The molecule has 1 amide bonds. The summed E-state index contributed by atoms with van der Waals surface area (Å²) in [7, 11) is 0. The fourth-order valence-electron chi connectivity index (χ4n) is 2.58. The van der Waals surface area contributed by atoms with Crippen molar-refractivity contribution in [2.45, 2.75) is 5.60 Å². The number of benzene rings is 1. The van der Waals surface area contributed by atoms with E-state index in [1.807, 2.05) is 0 Å². The molecule has 0 saturated carbocycles. The van der Waals surface area contributed by atoms with Crippen LogP contribution in [0.4, 0.5) is 0 Å². The molecule has 1 spiro atoms. The summed E-state index contributed by atoms with van der Waals surface area (Å²) in [6.07, 6.45) is 4.94. The van der Waals surface area contributed by atoms with Crippen LogP contribution in [-0.2, 0) is 15.1 Å². The van der Waals surface area contributed by atoms with Crippen LogP contribution in [0.5, 0.6) is 0 Å². The fourth-order valence-corrected chi connectivity index (χ4v) is 2.58. The average molecular weight is 240 g/mol. The minimum absolute atomic E-state index is 0.267. The Labute approximate surface area is 102 Å². The third-order valence-corrected chi connectivity index (χ3v) is 3.39. The molecule has 18 heavy (non-hydrogen) atoms. The molecule has 5 heteroatoms. The first-order chi connectivity index (χ1) is 8.72. The van der Waals surface area contributed by atoms with Crippen LogP contribution in [-0.4, -0.2) is 16.8 Å². The van der Waals surface area contributed by atoms with Crippen molar-refractivity contribution in [2.75, 3.05) is 0 Å². The lowest BCUT2D eigenvalue weighted by Gasteiger charge is -2.20. The molecule has 4 rings (SSSR count). The number of nitrogens with one attached hydrogen (secondary N) is 1. The van der Waals surface area contributed by atoms with E-state index in [2.05, 4.69) is 5.32 Å². The molecule has 0 radical (unpaired) electrons. The van der Waals surface area contributed by atoms with Crippen molar-refractivity contribution in [1.29, 1.82) is 0 Å². The number of amides is 1. The molecule has 3 aliphatic heterocycles. The lowest BCUT2D eigenvalue weighted by atomic mass is 9.92. The maximum atomic E-state index is 12.4. The molecule has 0 aromatic heterocycles. The van der Waals surface area contributed by atoms with Crippen LogP contribution in [0.3, 0.4) is 0 Å². The quantitative estimate of drug-likeness (QED) is 0.682. The molecule has 1 atom stereocenters. The van der Waals surface area contributed by atoms with Crippen LogP contribution in [0.15, 0.2) is 48.6 Å². The van der Waals surface area contributed by atoms with Gasteiger partial charge in [0.15, 0.2) is 0 Å². The number of esters is 1. The van der Waals surface area contributed by atoms with Crippen LogP contribution in [0.1, 0.15) is 15.9 Å². The molecule has 0 saturated heterocycles. The molecule has 5 nitrogen and oxygen atoms in total. The summed E-state index contributed by atoms with van der Waals surface area (Å²) in [5.74, 6) is -0.0949. The summed E-state index contributed by atoms with van der Waals surface area (Å²) in [6, 6.07) is 6.97. The van der Waals surface area contributed by atoms with E-state index in [4.69, 9.17) is 4.74 Å². The van der Waals surface area contributed by atoms with Gasteiger partial charge in [-0.1, -0.05) is 18.2 Å². The van der Waals surface area contributed by atoms with Crippen molar-refractivity contribution in [3.63, 3.8) is 0 Å². The molecule has 1 aromatic rings. The fraction of sp³-hybridized carbons (Fsp3) is 0.0769. The number of rotatable bonds is 0. The third kappa shape index (κ3) is 0.886. The smallest absolute Gasteiger partial charge is 0.340 e. The summed E-state index contributed by atoms with van der Waals surface area (Å²) < 4.78 is 5.35. The molecule has 3 heterocycles. The highest BCUT2D eigenvalue weighted by molar-refractivity contribution is 6.05. The second kappa shape index (κ2) is 2.81. The topological polar surface area (TPSA) is 58.6 Å². The monoisotopic (exact) mass is 240 g/mol. The number of hydrogen-bond donors (Lipinski definition) is 1. The van der Waals surface area contributed by atoms with Gasteiger partial charge in [0.05, 0.1) is 5.56 Å². The Kier molecular flexibility index (Phi) is 1.48. The van der Waals surface area contributed by atoms with Gasteiger partial charge >= 0.3 is 5.97 Å². The number of carbonyl (C=O) groups excluding carboxylic acids is 2. The van der Waals surface area contributed by atoms with E-state index >= 15 is 0 Å². The van der Waals surface area contributed by atoms with Gasteiger partial charge in [-0.15, -0.1) is 0 Å². The Hall–Kier alpha value is -2.56. The molecule has 1 unspecified atom stereocenters. The highest BCUT2D eigenvalue weighted by Crippen LogP contribution is 2.44. The second-order valence-electron chi connectivity index (χ2n) is 4.34. The Balaban J connectivity index is 1.96. The van der Waals surface area contributed by atoms with Gasteiger partial charge < -0.3 is 10.1 Å². The maximum Gasteiger partial charge on any atom is 0.340 e. The summed E-state index contributed by atoms with van der Waals surface area (Å²) >= 11 is 0. The first-order valence-corrected chi connectivity index (χ1v) is 5.55. The minimum Gasteiger partial charge on any atom is -0.436 e. The van der Waals surface area contributed by atoms with Crippen molar-refractivity contribution in [3.05, 3.63) is 59.7 Å². The molecular weight excluding hydrogens is 232 g/mol. The van der Waals surface area contributed by atoms with Crippen molar-refractivity contribution < 1.29 is 14.3 Å². The molecule has 3 aliphatic rings. The predicted octanol–water partition coefficient (Wildman–Crippen LogP) is 0.810. The largest absolute Gasteiger partial charge is 0.436 e. The molecule has 0 fully saturated rings. The first-order valence-electron chi connectivity index (χ1n) is 5.55. The van der Waals surface area contributed by atoms with E-state index in [-0.39, 0.29) is 5.91 Å². The van der Waals surface area contributed by atoms with Crippen molar-refractivity contribution in [1.82, 2.24) is 10.2 Å². The van der Waals surface area contributed by atoms with E-state index in [1.165, 1.54) is 4.90 Å². The second-order valence-corrected chi connectivity index (χ2v) is 4.34. The molecular formula is C13H8N2O3.